The van der Waals surface area contributed by atoms with Crippen molar-refractivity contribution in [3.63, 3.8) is 0 Å². The molecule has 5 amide bonds. The Hall–Kier alpha value is -10.9. The number of amides is 5. The number of Topliss-reactive ketones (excluding diaryl/α,β-unsaturated/α-hetero) is 3. The molecule has 8 N–H and O–H groups in total. The molecule has 0 fully saturated rings. The zero-order valence-corrected chi connectivity index (χ0v) is 59.9. The number of hydrogen-bond donors (Lipinski definition) is 8. The van der Waals surface area contributed by atoms with Gasteiger partial charge in [0.15, 0.2) is 0 Å². The fourth-order valence-corrected chi connectivity index (χ4v) is 14.9. The van der Waals surface area contributed by atoms with Gasteiger partial charge in [-0.1, -0.05) is 155 Å². The van der Waals surface area contributed by atoms with Crippen LogP contribution in [0.1, 0.15) is 198 Å². The number of nitrogens with zero attached hydrogens (tertiary/aromatic N) is 1. The van der Waals surface area contributed by atoms with Gasteiger partial charge < -0.3 is 40.5 Å². The molecule has 6 aromatic carbocycles. The lowest BCUT2D eigenvalue weighted by Gasteiger charge is -2.19. The Morgan fingerprint density at radius 1 is 0.369 bits per heavy atom. The highest BCUT2D eigenvalue weighted by atomic mass is 16.2. The average Bonchev–Trinajstić information content (AvgIpc) is 1.60. The van der Waals surface area contributed by atoms with Crippen molar-refractivity contribution in [2.45, 2.75) is 167 Å². The second-order valence-electron chi connectivity index (χ2n) is 27.2. The van der Waals surface area contributed by atoms with Gasteiger partial charge in [-0.15, -0.1) is 0 Å². The van der Waals surface area contributed by atoms with Gasteiger partial charge in [-0.05, 0) is 111 Å². The van der Waals surface area contributed by atoms with E-state index in [4.69, 9.17) is 0 Å². The van der Waals surface area contributed by atoms with Crippen LogP contribution in [0.4, 0.5) is 0 Å². The van der Waals surface area contributed by atoms with E-state index < -0.39 is 17.7 Å². The number of benzene rings is 6. The summed E-state index contributed by atoms with van der Waals surface area (Å²) in [5.74, 6) is -0.680. The van der Waals surface area contributed by atoms with E-state index in [2.05, 4.69) is 127 Å². The third-order valence-electron chi connectivity index (χ3n) is 20.3. The number of imide groups is 3. The second kappa shape index (κ2) is 35.1. The number of fused-ring (bicyclic) bond motifs is 6. The van der Waals surface area contributed by atoms with E-state index in [1.807, 2.05) is 91.9 Å². The number of ketones is 3. The first-order chi connectivity index (χ1) is 50.2. The van der Waals surface area contributed by atoms with E-state index in [1.54, 1.807) is 26.5 Å². The molecule has 7 heterocycles. The van der Waals surface area contributed by atoms with Crippen LogP contribution in [-0.4, -0.2) is 95.8 Å². The summed E-state index contributed by atoms with van der Waals surface area (Å²) in [4.78, 5) is 122. The molecular weight excluding hydrogens is 1290 g/mol. The van der Waals surface area contributed by atoms with E-state index in [0.29, 0.717) is 74.7 Å². The van der Waals surface area contributed by atoms with E-state index in [1.165, 1.54) is 43.8 Å². The number of para-hydroxylation sites is 6. The largest absolute Gasteiger partial charge is 0.361 e. The molecule has 0 aliphatic carbocycles. The standard InChI is InChI=1S/C30H29N3O4.C29H35N3O2.C27H31N3O2/c1-2-19(34)11-5-3-4-6-16-26(35)33-29(36)27(22-17-31-24-14-9-7-12-20(22)24)28(30(33)37)23-18-32-25-15-10-8-13-21(23)25;1-19-28(22-13-8-10-15-25(22)31-19)24(29-20(2)32-26-16-11-9-14-23(26)29)18-21(33)12-6-4-5-7-17-27(34)30-3;1-28-27(32)15-5-3-2-4-10-19(31)16-22(23-17-29-25-13-8-6-11-20(23)25)24-18-30-26-14-9-7-12-21(24)26/h7-10,12-15,17-18,31-32H,2-6,11,16H2,1H3;8-11,13-16,24,31-32H,4-7,12,17-18H2,1-3H3,(H,30,34);6-9,11-14,17-18,22,29-30H,2-5,10,15-16H2,1H3,(H,28,32). The van der Waals surface area contributed by atoms with E-state index in [-0.39, 0.29) is 52.8 Å². The number of aromatic nitrogens is 6. The SMILES string of the molecule is CCC(=O)CCCCCCC(=O)N1C(=O)C(c2c[nH]c3ccccc23)=C(c2c[nH]c3ccccc23)C1=O.CNC(=O)CCCCCCC(=O)CC(c1c(C)[nH]c2ccccc12)c1c(C)[nH]c2ccccc12.CNC(=O)CCCCCCC(=O)CC(c1c[nH]c2ccccc12)c1c[nH]c2ccccc12. The van der Waals surface area contributed by atoms with Crippen molar-refractivity contribution in [3.8, 4) is 0 Å². The third kappa shape index (κ3) is 17.3. The van der Waals surface area contributed by atoms with E-state index >= 15 is 0 Å². The van der Waals surface area contributed by atoms with Crippen molar-refractivity contribution in [2.75, 3.05) is 14.1 Å². The summed E-state index contributed by atoms with van der Waals surface area (Å²) in [5, 5.41) is 11.7. The van der Waals surface area contributed by atoms with Crippen LogP contribution >= 0.6 is 0 Å². The van der Waals surface area contributed by atoms with Crippen LogP contribution < -0.4 is 10.6 Å². The van der Waals surface area contributed by atoms with Crippen LogP contribution in [0.25, 0.3) is 76.6 Å². The van der Waals surface area contributed by atoms with Crippen LogP contribution in [-0.2, 0) is 38.4 Å². The molecule has 17 nitrogen and oxygen atoms in total. The van der Waals surface area contributed by atoms with Crippen molar-refractivity contribution in [1.29, 1.82) is 0 Å². The van der Waals surface area contributed by atoms with Crippen LogP contribution in [0.3, 0.4) is 0 Å². The molecule has 0 unspecified atom stereocenters. The van der Waals surface area contributed by atoms with Crippen LogP contribution in [0.5, 0.6) is 0 Å². The average molecular weight is 1380 g/mol. The molecule has 13 rings (SSSR count). The molecule has 1 aliphatic heterocycles. The van der Waals surface area contributed by atoms with Crippen molar-refractivity contribution >= 4 is 123 Å². The van der Waals surface area contributed by atoms with Gasteiger partial charge in [0.25, 0.3) is 11.8 Å². The smallest absolute Gasteiger partial charge is 0.269 e. The fourth-order valence-electron chi connectivity index (χ4n) is 14.9. The number of carbonyl (C=O) groups excluding carboxylic acids is 8. The maximum atomic E-state index is 13.7. The van der Waals surface area contributed by atoms with Crippen LogP contribution in [0, 0.1) is 13.8 Å². The van der Waals surface area contributed by atoms with Crippen LogP contribution in [0.2, 0.25) is 0 Å². The summed E-state index contributed by atoms with van der Waals surface area (Å²) < 4.78 is 0. The molecule has 103 heavy (non-hydrogen) atoms. The highest BCUT2D eigenvalue weighted by Crippen LogP contribution is 2.44. The van der Waals surface area contributed by atoms with Crippen molar-refractivity contribution in [2.24, 2.45) is 0 Å². The van der Waals surface area contributed by atoms with Gasteiger partial charge in [0.05, 0.1) is 11.1 Å². The minimum atomic E-state index is -0.589. The first-order valence-electron chi connectivity index (χ1n) is 36.7. The lowest BCUT2D eigenvalue weighted by Crippen LogP contribution is -2.37. The van der Waals surface area contributed by atoms with Gasteiger partial charge in [0, 0.05) is 196 Å². The number of nitrogens with one attached hydrogen (secondary N) is 8. The molecular formula is C86H95N9O8. The zero-order chi connectivity index (χ0) is 72.4. The molecule has 1 aliphatic rings. The summed E-state index contributed by atoms with van der Waals surface area (Å²) in [6.07, 6.45) is 22.4. The molecule has 532 valence electrons. The minimum Gasteiger partial charge on any atom is -0.361 e. The summed E-state index contributed by atoms with van der Waals surface area (Å²) in [7, 11) is 3.33. The Bertz CT molecular complexity index is 4800. The first-order valence-corrected chi connectivity index (χ1v) is 36.7. The number of H-pyrrole nitrogens is 6. The summed E-state index contributed by atoms with van der Waals surface area (Å²) in [5.41, 5.74) is 14.8. The number of hydrogen-bond acceptors (Lipinski definition) is 8. The Kier molecular flexibility index (Phi) is 25.0. The Morgan fingerprint density at radius 3 is 1.09 bits per heavy atom. The summed E-state index contributed by atoms with van der Waals surface area (Å²) in [6.45, 7) is 6.08. The number of carbonyl (C=O) groups is 8. The summed E-state index contributed by atoms with van der Waals surface area (Å²) >= 11 is 0. The topological polar surface area (TPSA) is 259 Å². The molecule has 0 radical (unpaired) electrons. The Balaban J connectivity index is 0.000000155. The van der Waals surface area contributed by atoms with Gasteiger partial charge in [-0.3, -0.25) is 38.4 Å². The van der Waals surface area contributed by atoms with Gasteiger partial charge in [-0.25, -0.2) is 4.90 Å². The highest BCUT2D eigenvalue weighted by molar-refractivity contribution is 6.53. The molecule has 6 aromatic heterocycles. The van der Waals surface area contributed by atoms with E-state index in [0.717, 1.165) is 131 Å². The maximum Gasteiger partial charge on any atom is 0.269 e. The number of aromatic amines is 6. The third-order valence-corrected chi connectivity index (χ3v) is 20.3. The van der Waals surface area contributed by atoms with Gasteiger partial charge in [-0.2, -0.15) is 0 Å². The van der Waals surface area contributed by atoms with Gasteiger partial charge in [0.2, 0.25) is 17.7 Å². The number of unbranched alkanes of at least 4 members (excludes halogenated alkanes) is 9. The van der Waals surface area contributed by atoms with Crippen molar-refractivity contribution in [1.82, 2.24) is 45.4 Å². The van der Waals surface area contributed by atoms with Gasteiger partial charge in [0.1, 0.15) is 17.3 Å². The van der Waals surface area contributed by atoms with Gasteiger partial charge >= 0.3 is 0 Å². The predicted octanol–water partition coefficient (Wildman–Crippen LogP) is 18.0. The Morgan fingerprint density at radius 2 is 0.689 bits per heavy atom. The minimum absolute atomic E-state index is 0.00282. The number of rotatable bonds is 32. The van der Waals surface area contributed by atoms with E-state index in [9.17, 15) is 38.4 Å². The monoisotopic (exact) mass is 1380 g/mol. The molecule has 0 saturated carbocycles. The maximum absolute atomic E-state index is 13.7. The first kappa shape index (κ1) is 73.3. The van der Waals surface area contributed by atoms with Crippen molar-refractivity contribution < 1.29 is 38.4 Å². The van der Waals surface area contributed by atoms with Crippen molar-refractivity contribution in [3.05, 3.63) is 215 Å². The highest BCUT2D eigenvalue weighted by Gasteiger charge is 2.44. The molecule has 0 bridgehead atoms. The quantitative estimate of drug-likeness (QED) is 0.0148. The second-order valence-corrected chi connectivity index (χ2v) is 27.2. The fraction of sp³-hybridized carbons (Fsp3) is 0.326. The predicted molar refractivity (Wildman–Crippen MR) is 412 cm³/mol. The lowest BCUT2D eigenvalue weighted by atomic mass is 9.83. The lowest BCUT2D eigenvalue weighted by molar-refractivity contribution is -0.148. The molecule has 0 saturated heterocycles. The summed E-state index contributed by atoms with van der Waals surface area (Å²) in [6, 6.07) is 48.4. The number of aryl methyl sites for hydroxylation is 2. The van der Waals surface area contributed by atoms with Crippen LogP contribution in [0.15, 0.2) is 170 Å². The molecule has 12 aromatic rings. The Labute approximate surface area is 600 Å². The molecule has 0 spiro atoms. The molecule has 0 atom stereocenters. The molecule has 17 heteroatoms. The zero-order valence-electron chi connectivity index (χ0n) is 59.9. The normalized spacial score (nSPS) is 12.4.